The number of amides is 3. The third-order valence-corrected chi connectivity index (χ3v) is 9.34. The van der Waals surface area contributed by atoms with Gasteiger partial charge in [-0.05, 0) is 67.4 Å². The number of carbonyl (C=O) groups is 3. The number of thiophene rings is 1. The van der Waals surface area contributed by atoms with Gasteiger partial charge in [-0.25, -0.2) is 0 Å². The van der Waals surface area contributed by atoms with Gasteiger partial charge >= 0.3 is 0 Å². The number of hydrogen-bond acceptors (Lipinski definition) is 6. The predicted molar refractivity (Wildman–Crippen MR) is 192 cm³/mol. The predicted octanol–water partition coefficient (Wildman–Crippen LogP) is 8.78. The number of halogens is 1. The molecule has 0 aliphatic rings. The monoisotopic (exact) mass is 676 g/mol. The highest BCUT2D eigenvalue weighted by atomic mass is 35.5. The first kappa shape index (κ1) is 33.2. The topological polar surface area (TPSA) is 111 Å². The first-order chi connectivity index (χ1) is 22.7. The van der Waals surface area contributed by atoms with Crippen LogP contribution in [0.5, 0.6) is 0 Å². The highest BCUT2D eigenvalue weighted by molar-refractivity contribution is 8.00. The van der Waals surface area contributed by atoms with Crippen molar-refractivity contribution >= 4 is 69.2 Å². The Hall–Kier alpha value is -5.14. The standard InChI is InChI=1S/C37H29ClN4O3S2/c1-23-15-17-25(18-16-23)31-22-46-37(30(31)21-39)42-34(43)24(2)47-29-13-8-12-28(20-29)40-36(45)33(19-27-11-6-7-14-32(27)38)41-35(44)26-9-4-3-5-10-26/h3-20,22,24H,1-2H3,(H,40,45)(H,41,44)(H,42,43)/b33-19+. The number of thioether (sulfide) groups is 1. The molecule has 0 aliphatic carbocycles. The Bertz CT molecular complexity index is 2000. The fraction of sp³-hybridized carbons (Fsp3) is 0.0811. The molecule has 0 saturated carbocycles. The Morgan fingerprint density at radius 3 is 2.36 bits per heavy atom. The summed E-state index contributed by atoms with van der Waals surface area (Å²) in [5, 5.41) is 20.6. The lowest BCUT2D eigenvalue weighted by atomic mass is 10.0. The van der Waals surface area contributed by atoms with Gasteiger partial charge in [0.15, 0.2) is 0 Å². The van der Waals surface area contributed by atoms with Crippen molar-refractivity contribution in [1.82, 2.24) is 5.32 Å². The van der Waals surface area contributed by atoms with Gasteiger partial charge in [-0.15, -0.1) is 23.1 Å². The molecule has 1 heterocycles. The summed E-state index contributed by atoms with van der Waals surface area (Å²) in [6.45, 7) is 3.77. The quantitative estimate of drug-likeness (QED) is 0.101. The maximum Gasteiger partial charge on any atom is 0.272 e. The molecule has 1 atom stereocenters. The van der Waals surface area contributed by atoms with E-state index in [0.717, 1.165) is 21.6 Å². The van der Waals surface area contributed by atoms with Crippen molar-refractivity contribution in [3.8, 4) is 17.2 Å². The van der Waals surface area contributed by atoms with Crippen molar-refractivity contribution < 1.29 is 14.4 Å². The molecular formula is C37H29ClN4O3S2. The Morgan fingerprint density at radius 2 is 1.64 bits per heavy atom. The van der Waals surface area contributed by atoms with Crippen LogP contribution >= 0.6 is 34.7 Å². The molecule has 3 amide bonds. The summed E-state index contributed by atoms with van der Waals surface area (Å²) in [5.41, 5.74) is 4.67. The van der Waals surface area contributed by atoms with Gasteiger partial charge in [-0.1, -0.05) is 83.9 Å². The van der Waals surface area contributed by atoms with Gasteiger partial charge in [0.25, 0.3) is 11.8 Å². The summed E-state index contributed by atoms with van der Waals surface area (Å²) >= 11 is 8.97. The van der Waals surface area contributed by atoms with Crippen LogP contribution in [0.15, 0.2) is 119 Å². The van der Waals surface area contributed by atoms with Crippen molar-refractivity contribution in [2.45, 2.75) is 24.0 Å². The molecule has 7 nitrogen and oxygen atoms in total. The van der Waals surface area contributed by atoms with Crippen LogP contribution in [0.25, 0.3) is 17.2 Å². The van der Waals surface area contributed by atoms with E-state index in [1.807, 2.05) is 42.6 Å². The Labute approximate surface area is 286 Å². The third kappa shape index (κ3) is 8.57. The van der Waals surface area contributed by atoms with Crippen molar-refractivity contribution in [2.75, 3.05) is 10.6 Å². The maximum atomic E-state index is 13.5. The van der Waals surface area contributed by atoms with E-state index in [0.29, 0.717) is 32.4 Å². The van der Waals surface area contributed by atoms with Gasteiger partial charge < -0.3 is 16.0 Å². The molecule has 0 spiro atoms. The molecule has 234 valence electrons. The molecule has 0 fully saturated rings. The number of benzene rings is 4. The molecule has 0 bridgehead atoms. The zero-order chi connectivity index (χ0) is 33.3. The maximum absolute atomic E-state index is 13.5. The average Bonchev–Trinajstić information content (AvgIpc) is 3.48. The first-order valence-corrected chi connectivity index (χ1v) is 16.7. The van der Waals surface area contributed by atoms with Crippen LogP contribution in [0.3, 0.4) is 0 Å². The Kier molecular flexibility index (Phi) is 10.9. The molecule has 47 heavy (non-hydrogen) atoms. The molecule has 0 saturated heterocycles. The molecule has 1 aromatic heterocycles. The van der Waals surface area contributed by atoms with Crippen LogP contribution in [0.1, 0.15) is 34.0 Å². The zero-order valence-corrected chi connectivity index (χ0v) is 27.8. The second kappa shape index (κ2) is 15.4. The minimum Gasteiger partial charge on any atom is -0.321 e. The number of rotatable bonds is 10. The van der Waals surface area contributed by atoms with E-state index in [9.17, 15) is 19.6 Å². The van der Waals surface area contributed by atoms with E-state index in [-0.39, 0.29) is 11.6 Å². The lowest BCUT2D eigenvalue weighted by Gasteiger charge is -2.14. The van der Waals surface area contributed by atoms with E-state index in [1.165, 1.54) is 29.2 Å². The number of nitrogens with one attached hydrogen (secondary N) is 3. The van der Waals surface area contributed by atoms with Gasteiger partial charge in [0.1, 0.15) is 16.8 Å². The second-order valence-corrected chi connectivity index (χ2v) is 13.2. The number of nitrogens with zero attached hydrogens (tertiary/aromatic N) is 1. The van der Waals surface area contributed by atoms with Crippen LogP contribution in [-0.2, 0) is 9.59 Å². The highest BCUT2D eigenvalue weighted by Crippen LogP contribution is 2.36. The number of carbonyl (C=O) groups excluding carboxylic acids is 3. The lowest BCUT2D eigenvalue weighted by molar-refractivity contribution is -0.115. The molecule has 3 N–H and O–H groups in total. The summed E-state index contributed by atoms with van der Waals surface area (Å²) in [6.07, 6.45) is 1.52. The molecule has 0 aliphatic heterocycles. The van der Waals surface area contributed by atoms with Gasteiger partial charge in [0.2, 0.25) is 5.91 Å². The molecule has 0 radical (unpaired) electrons. The molecule has 10 heteroatoms. The molecule has 4 aromatic carbocycles. The number of anilines is 2. The summed E-state index contributed by atoms with van der Waals surface area (Å²) in [4.78, 5) is 40.4. The average molecular weight is 677 g/mol. The fourth-order valence-electron chi connectivity index (χ4n) is 4.51. The van der Waals surface area contributed by atoms with Crippen LogP contribution in [0.4, 0.5) is 10.7 Å². The van der Waals surface area contributed by atoms with E-state index in [2.05, 4.69) is 22.0 Å². The smallest absolute Gasteiger partial charge is 0.272 e. The number of nitriles is 1. The Morgan fingerprint density at radius 1 is 0.915 bits per heavy atom. The Balaban J connectivity index is 1.28. The largest absolute Gasteiger partial charge is 0.321 e. The van der Waals surface area contributed by atoms with E-state index in [4.69, 9.17) is 11.6 Å². The van der Waals surface area contributed by atoms with Crippen LogP contribution in [-0.4, -0.2) is 23.0 Å². The third-order valence-electron chi connectivity index (χ3n) is 7.01. The van der Waals surface area contributed by atoms with Crippen LogP contribution in [0.2, 0.25) is 5.02 Å². The summed E-state index contributed by atoms with van der Waals surface area (Å²) < 4.78 is 0. The van der Waals surface area contributed by atoms with Crippen molar-refractivity contribution in [3.63, 3.8) is 0 Å². The number of hydrogen-bond donors (Lipinski definition) is 3. The summed E-state index contributed by atoms with van der Waals surface area (Å²) in [5.74, 6) is -1.25. The fourth-order valence-corrected chi connectivity index (χ4v) is 6.55. The van der Waals surface area contributed by atoms with Crippen LogP contribution in [0, 0.1) is 18.3 Å². The van der Waals surface area contributed by atoms with Crippen LogP contribution < -0.4 is 16.0 Å². The molecule has 5 aromatic rings. The van der Waals surface area contributed by atoms with E-state index >= 15 is 0 Å². The second-order valence-electron chi connectivity index (χ2n) is 10.5. The van der Waals surface area contributed by atoms with Gasteiger partial charge in [0, 0.05) is 32.1 Å². The highest BCUT2D eigenvalue weighted by Gasteiger charge is 2.21. The van der Waals surface area contributed by atoms with E-state index in [1.54, 1.807) is 79.7 Å². The van der Waals surface area contributed by atoms with Crippen molar-refractivity contribution in [1.29, 1.82) is 5.26 Å². The van der Waals surface area contributed by atoms with Gasteiger partial charge in [0.05, 0.1) is 10.8 Å². The van der Waals surface area contributed by atoms with Gasteiger partial charge in [-0.2, -0.15) is 5.26 Å². The zero-order valence-electron chi connectivity index (χ0n) is 25.4. The lowest BCUT2D eigenvalue weighted by Crippen LogP contribution is -2.30. The SMILES string of the molecule is Cc1ccc(-c2csc(NC(=O)C(C)Sc3cccc(NC(=O)/C(=C\c4ccccc4Cl)NC(=O)c4ccccc4)c3)c2C#N)cc1. The van der Waals surface area contributed by atoms with Crippen molar-refractivity contribution in [3.05, 3.63) is 141 Å². The van der Waals surface area contributed by atoms with Crippen molar-refractivity contribution in [2.24, 2.45) is 0 Å². The first-order valence-electron chi connectivity index (χ1n) is 14.5. The minimum atomic E-state index is -0.548. The summed E-state index contributed by atoms with van der Waals surface area (Å²) in [6, 6.07) is 32.8. The normalized spacial score (nSPS) is 11.7. The van der Waals surface area contributed by atoms with E-state index < -0.39 is 17.1 Å². The molecule has 5 rings (SSSR count). The minimum absolute atomic E-state index is 0.00649. The van der Waals surface area contributed by atoms with Gasteiger partial charge in [-0.3, -0.25) is 14.4 Å². The molecular weight excluding hydrogens is 648 g/mol. The summed E-state index contributed by atoms with van der Waals surface area (Å²) in [7, 11) is 0. The molecule has 1 unspecified atom stereocenters. The number of aryl methyl sites for hydroxylation is 1.